The van der Waals surface area contributed by atoms with Gasteiger partial charge in [0.1, 0.15) is 11.7 Å². The Labute approximate surface area is 123 Å². The fraction of sp³-hybridized carbons (Fsp3) is 0.571. The van der Waals surface area contributed by atoms with Crippen molar-refractivity contribution in [3.05, 3.63) is 23.0 Å². The van der Waals surface area contributed by atoms with Crippen LogP contribution in [0.15, 0.2) is 12.3 Å². The molecule has 1 aliphatic rings. The number of likely N-dealkylation sites (tertiary alicyclic amines) is 1. The van der Waals surface area contributed by atoms with E-state index in [0.717, 1.165) is 12.8 Å². The maximum Gasteiger partial charge on any atom is 0.326 e. The van der Waals surface area contributed by atoms with E-state index in [1.54, 1.807) is 23.9 Å². The van der Waals surface area contributed by atoms with Gasteiger partial charge in [-0.25, -0.2) is 4.79 Å². The smallest absolute Gasteiger partial charge is 0.326 e. The second kappa shape index (κ2) is 5.87. The summed E-state index contributed by atoms with van der Waals surface area (Å²) in [5.41, 5.74) is 0.427. The predicted octanol–water partition coefficient (Wildman–Crippen LogP) is 2.39. The van der Waals surface area contributed by atoms with Gasteiger partial charge in [-0.05, 0) is 24.8 Å². The van der Waals surface area contributed by atoms with Crippen LogP contribution in [0.5, 0.6) is 0 Å². The summed E-state index contributed by atoms with van der Waals surface area (Å²) in [6.07, 6.45) is 3.96. The van der Waals surface area contributed by atoms with Crippen LogP contribution in [-0.4, -0.2) is 39.0 Å². The number of hydrogen-bond acceptors (Lipinski definition) is 2. The van der Waals surface area contributed by atoms with Crippen molar-refractivity contribution in [1.82, 2.24) is 9.47 Å². The Balaban J connectivity index is 2.23. The van der Waals surface area contributed by atoms with Gasteiger partial charge in [-0.15, -0.1) is 0 Å². The number of carbonyl (C=O) groups is 2. The normalized spacial score (nSPS) is 22.9. The molecule has 2 rings (SSSR count). The largest absolute Gasteiger partial charge is 0.480 e. The highest BCUT2D eigenvalue weighted by molar-refractivity contribution is 6.31. The molecule has 5 nitrogen and oxygen atoms in total. The van der Waals surface area contributed by atoms with E-state index in [-0.39, 0.29) is 5.91 Å². The van der Waals surface area contributed by atoms with Gasteiger partial charge < -0.3 is 14.6 Å². The summed E-state index contributed by atoms with van der Waals surface area (Å²) in [7, 11) is 1.73. The highest BCUT2D eigenvalue weighted by Gasteiger charge is 2.36. The van der Waals surface area contributed by atoms with E-state index in [1.165, 1.54) is 4.90 Å². The van der Waals surface area contributed by atoms with Crippen LogP contribution < -0.4 is 0 Å². The first kappa shape index (κ1) is 14.9. The Bertz CT molecular complexity index is 526. The van der Waals surface area contributed by atoms with E-state index >= 15 is 0 Å². The summed E-state index contributed by atoms with van der Waals surface area (Å²) in [6, 6.07) is 0.837. The number of carbonyl (C=O) groups excluding carboxylic acids is 1. The number of piperidine rings is 1. The minimum atomic E-state index is -0.934. The number of rotatable bonds is 3. The molecule has 1 aromatic heterocycles. The summed E-state index contributed by atoms with van der Waals surface area (Å²) in [4.78, 5) is 25.4. The first-order valence-electron chi connectivity index (χ1n) is 6.79. The standard InChI is InChI=1S/C14H19ClN2O3/c1-3-9-4-5-17(12(6-9)14(19)20)13(18)11-7-10(15)8-16(11)2/h7-9,12H,3-6H2,1-2H3,(H,19,20). The molecule has 20 heavy (non-hydrogen) atoms. The average Bonchev–Trinajstić information content (AvgIpc) is 2.76. The van der Waals surface area contributed by atoms with Gasteiger partial charge in [-0.1, -0.05) is 24.9 Å². The molecule has 110 valence electrons. The zero-order valence-corrected chi connectivity index (χ0v) is 12.4. The molecule has 2 atom stereocenters. The number of halogens is 1. The SMILES string of the molecule is CCC1CCN(C(=O)c2cc(Cl)cn2C)C(C(=O)O)C1. The minimum absolute atomic E-state index is 0.263. The molecule has 1 saturated heterocycles. The lowest BCUT2D eigenvalue weighted by Gasteiger charge is -2.36. The summed E-state index contributed by atoms with van der Waals surface area (Å²) < 4.78 is 1.63. The van der Waals surface area contributed by atoms with Crippen molar-refractivity contribution in [3.63, 3.8) is 0 Å². The van der Waals surface area contributed by atoms with E-state index in [0.29, 0.717) is 29.6 Å². The molecule has 0 bridgehead atoms. The molecule has 1 aliphatic heterocycles. The molecule has 2 unspecified atom stereocenters. The summed E-state index contributed by atoms with van der Waals surface area (Å²) in [5.74, 6) is -0.824. The van der Waals surface area contributed by atoms with Gasteiger partial charge in [0.25, 0.3) is 5.91 Å². The van der Waals surface area contributed by atoms with Crippen molar-refractivity contribution >= 4 is 23.5 Å². The lowest BCUT2D eigenvalue weighted by Crippen LogP contribution is -2.50. The molecule has 1 aromatic rings. The number of aryl methyl sites for hydroxylation is 1. The maximum atomic E-state index is 12.5. The van der Waals surface area contributed by atoms with Crippen molar-refractivity contribution in [2.75, 3.05) is 6.54 Å². The topological polar surface area (TPSA) is 62.5 Å². The van der Waals surface area contributed by atoms with Gasteiger partial charge in [0.15, 0.2) is 0 Å². The van der Waals surface area contributed by atoms with Crippen molar-refractivity contribution in [3.8, 4) is 0 Å². The third kappa shape index (κ3) is 2.82. The lowest BCUT2D eigenvalue weighted by atomic mass is 9.88. The number of hydrogen-bond donors (Lipinski definition) is 1. The minimum Gasteiger partial charge on any atom is -0.480 e. The molecule has 1 fully saturated rings. The first-order chi connectivity index (χ1) is 9.43. The van der Waals surface area contributed by atoms with E-state index in [4.69, 9.17) is 11.6 Å². The third-order valence-electron chi connectivity index (χ3n) is 4.03. The van der Waals surface area contributed by atoms with Gasteiger partial charge in [0, 0.05) is 19.8 Å². The average molecular weight is 299 g/mol. The molecule has 0 saturated carbocycles. The van der Waals surface area contributed by atoms with Crippen LogP contribution in [0, 0.1) is 5.92 Å². The number of aromatic nitrogens is 1. The number of amides is 1. The quantitative estimate of drug-likeness (QED) is 0.932. The molecule has 0 aliphatic carbocycles. The molecular formula is C14H19ClN2O3. The summed E-state index contributed by atoms with van der Waals surface area (Å²) >= 11 is 5.89. The van der Waals surface area contributed by atoms with Crippen LogP contribution in [0.4, 0.5) is 0 Å². The van der Waals surface area contributed by atoms with Crippen LogP contribution in [0.2, 0.25) is 5.02 Å². The van der Waals surface area contributed by atoms with Crippen LogP contribution in [-0.2, 0) is 11.8 Å². The highest BCUT2D eigenvalue weighted by Crippen LogP contribution is 2.27. The number of carboxylic acids is 1. The molecule has 0 spiro atoms. The maximum absolute atomic E-state index is 12.5. The Morgan fingerprint density at radius 2 is 2.20 bits per heavy atom. The first-order valence-corrected chi connectivity index (χ1v) is 7.17. The number of nitrogens with zero attached hydrogens (tertiary/aromatic N) is 2. The van der Waals surface area contributed by atoms with E-state index in [2.05, 4.69) is 6.92 Å². The van der Waals surface area contributed by atoms with Crippen LogP contribution in [0.3, 0.4) is 0 Å². The zero-order valence-electron chi connectivity index (χ0n) is 11.7. The van der Waals surface area contributed by atoms with Gasteiger partial charge in [0.2, 0.25) is 0 Å². The molecule has 1 amide bonds. The molecular weight excluding hydrogens is 280 g/mol. The number of aliphatic carboxylic acids is 1. The van der Waals surface area contributed by atoms with Gasteiger partial charge >= 0.3 is 5.97 Å². The fourth-order valence-electron chi connectivity index (χ4n) is 2.77. The van der Waals surface area contributed by atoms with Gasteiger partial charge in [-0.2, -0.15) is 0 Å². The Kier molecular flexibility index (Phi) is 4.38. The second-order valence-electron chi connectivity index (χ2n) is 5.31. The third-order valence-corrected chi connectivity index (χ3v) is 4.23. The van der Waals surface area contributed by atoms with E-state index in [1.807, 2.05) is 0 Å². The van der Waals surface area contributed by atoms with Crippen LogP contribution in [0.1, 0.15) is 36.7 Å². The van der Waals surface area contributed by atoms with E-state index < -0.39 is 12.0 Å². The van der Waals surface area contributed by atoms with Crippen molar-refractivity contribution in [2.24, 2.45) is 13.0 Å². The van der Waals surface area contributed by atoms with Gasteiger partial charge in [0.05, 0.1) is 5.02 Å². The van der Waals surface area contributed by atoms with Crippen LogP contribution in [0.25, 0.3) is 0 Å². The fourth-order valence-corrected chi connectivity index (χ4v) is 3.02. The molecule has 2 heterocycles. The van der Waals surface area contributed by atoms with Crippen molar-refractivity contribution < 1.29 is 14.7 Å². The highest BCUT2D eigenvalue weighted by atomic mass is 35.5. The molecule has 0 radical (unpaired) electrons. The lowest BCUT2D eigenvalue weighted by molar-refractivity contribution is -0.144. The van der Waals surface area contributed by atoms with Gasteiger partial charge in [-0.3, -0.25) is 4.79 Å². The molecule has 6 heteroatoms. The van der Waals surface area contributed by atoms with Crippen molar-refractivity contribution in [2.45, 2.75) is 32.2 Å². The molecule has 0 aromatic carbocycles. The Hall–Kier alpha value is -1.49. The Morgan fingerprint density at radius 3 is 2.70 bits per heavy atom. The summed E-state index contributed by atoms with van der Waals surface area (Å²) in [5, 5.41) is 9.84. The number of carboxylic acid groups (broad SMARTS) is 1. The Morgan fingerprint density at radius 1 is 1.50 bits per heavy atom. The van der Waals surface area contributed by atoms with E-state index in [9.17, 15) is 14.7 Å². The monoisotopic (exact) mass is 298 g/mol. The molecule has 1 N–H and O–H groups in total. The predicted molar refractivity (Wildman–Crippen MR) is 75.9 cm³/mol. The second-order valence-corrected chi connectivity index (χ2v) is 5.74. The van der Waals surface area contributed by atoms with Crippen LogP contribution >= 0.6 is 11.6 Å². The zero-order chi connectivity index (χ0) is 14.9. The summed E-state index contributed by atoms with van der Waals surface area (Å²) in [6.45, 7) is 2.54. The van der Waals surface area contributed by atoms with Crippen molar-refractivity contribution in [1.29, 1.82) is 0 Å².